The summed E-state index contributed by atoms with van der Waals surface area (Å²) in [5, 5.41) is 2.01. The van der Waals surface area contributed by atoms with Gasteiger partial charge in [-0.3, -0.25) is 14.5 Å². The SMILES string of the molecule is O=C1c2ccccc2C(=O)N1Cc1csc(-c2ccccc2)c1. The lowest BCUT2D eigenvalue weighted by molar-refractivity contribution is 0.0642. The van der Waals surface area contributed by atoms with Crippen LogP contribution in [0.25, 0.3) is 10.4 Å². The molecular weight excluding hydrogens is 306 g/mol. The minimum Gasteiger partial charge on any atom is -0.270 e. The minimum atomic E-state index is -0.210. The number of rotatable bonds is 3. The van der Waals surface area contributed by atoms with Crippen molar-refractivity contribution in [2.45, 2.75) is 6.54 Å². The molecule has 0 unspecified atom stereocenters. The van der Waals surface area contributed by atoms with Crippen LogP contribution in [0.5, 0.6) is 0 Å². The molecule has 4 heteroatoms. The zero-order valence-electron chi connectivity index (χ0n) is 12.2. The lowest BCUT2D eigenvalue weighted by atomic mass is 10.1. The smallest absolute Gasteiger partial charge is 0.261 e. The highest BCUT2D eigenvalue weighted by Crippen LogP contribution is 2.30. The number of carbonyl (C=O) groups excluding carboxylic acids is 2. The highest BCUT2D eigenvalue weighted by Gasteiger charge is 2.35. The number of thiophene rings is 1. The summed E-state index contributed by atoms with van der Waals surface area (Å²) >= 11 is 1.62. The molecule has 0 atom stereocenters. The van der Waals surface area contributed by atoms with Crippen molar-refractivity contribution in [2.24, 2.45) is 0 Å². The third-order valence-electron chi connectivity index (χ3n) is 3.93. The van der Waals surface area contributed by atoms with Crippen molar-refractivity contribution in [1.82, 2.24) is 4.90 Å². The second-order valence-electron chi connectivity index (χ2n) is 5.43. The van der Waals surface area contributed by atoms with Crippen LogP contribution >= 0.6 is 11.3 Å². The van der Waals surface area contributed by atoms with Crippen molar-refractivity contribution >= 4 is 23.2 Å². The average Bonchev–Trinajstić information content (AvgIpc) is 3.16. The van der Waals surface area contributed by atoms with Crippen LogP contribution < -0.4 is 0 Å². The topological polar surface area (TPSA) is 37.4 Å². The molecule has 4 rings (SSSR count). The Balaban J connectivity index is 1.60. The maximum absolute atomic E-state index is 12.4. The van der Waals surface area contributed by atoms with Crippen LogP contribution in [0.2, 0.25) is 0 Å². The van der Waals surface area contributed by atoms with Gasteiger partial charge in [-0.1, -0.05) is 42.5 Å². The zero-order chi connectivity index (χ0) is 15.8. The normalized spacial score (nSPS) is 13.5. The Morgan fingerprint density at radius 1 is 0.826 bits per heavy atom. The van der Waals surface area contributed by atoms with Crippen molar-refractivity contribution in [3.05, 3.63) is 82.7 Å². The molecule has 0 bridgehead atoms. The van der Waals surface area contributed by atoms with Crippen LogP contribution in [0, 0.1) is 0 Å². The first-order valence-electron chi connectivity index (χ1n) is 7.32. The Morgan fingerprint density at radius 2 is 1.43 bits per heavy atom. The molecule has 0 saturated heterocycles. The second kappa shape index (κ2) is 5.48. The van der Waals surface area contributed by atoms with E-state index in [1.54, 1.807) is 35.6 Å². The monoisotopic (exact) mass is 319 g/mol. The average molecular weight is 319 g/mol. The third-order valence-corrected chi connectivity index (χ3v) is 4.96. The first-order valence-corrected chi connectivity index (χ1v) is 8.20. The van der Waals surface area contributed by atoms with Crippen LogP contribution in [0.15, 0.2) is 66.0 Å². The fraction of sp³-hybridized carbons (Fsp3) is 0.0526. The molecule has 3 nitrogen and oxygen atoms in total. The number of amides is 2. The first kappa shape index (κ1) is 13.9. The van der Waals surface area contributed by atoms with E-state index in [0.717, 1.165) is 16.0 Å². The summed E-state index contributed by atoms with van der Waals surface area (Å²) in [5.41, 5.74) is 3.11. The molecule has 0 fully saturated rings. The summed E-state index contributed by atoms with van der Waals surface area (Å²) in [7, 11) is 0. The van der Waals surface area contributed by atoms with Crippen LogP contribution in [-0.4, -0.2) is 16.7 Å². The molecule has 1 aliphatic rings. The molecule has 0 N–H and O–H groups in total. The molecule has 0 aliphatic carbocycles. The maximum Gasteiger partial charge on any atom is 0.261 e. The van der Waals surface area contributed by atoms with E-state index in [1.165, 1.54) is 4.90 Å². The molecule has 2 aromatic carbocycles. The number of benzene rings is 2. The highest BCUT2D eigenvalue weighted by molar-refractivity contribution is 7.13. The number of fused-ring (bicyclic) bond motifs is 1. The lowest BCUT2D eigenvalue weighted by Crippen LogP contribution is -2.28. The van der Waals surface area contributed by atoms with Gasteiger partial charge in [0.2, 0.25) is 0 Å². The van der Waals surface area contributed by atoms with E-state index in [9.17, 15) is 9.59 Å². The summed E-state index contributed by atoms with van der Waals surface area (Å²) in [5.74, 6) is -0.420. The number of imide groups is 1. The highest BCUT2D eigenvalue weighted by atomic mass is 32.1. The fourth-order valence-electron chi connectivity index (χ4n) is 2.78. The zero-order valence-corrected chi connectivity index (χ0v) is 13.0. The molecule has 1 aromatic heterocycles. The van der Waals surface area contributed by atoms with Crippen molar-refractivity contribution in [3.63, 3.8) is 0 Å². The fourth-order valence-corrected chi connectivity index (χ4v) is 3.69. The van der Waals surface area contributed by atoms with E-state index in [-0.39, 0.29) is 11.8 Å². The summed E-state index contributed by atoms with van der Waals surface area (Å²) in [6.45, 7) is 0.315. The number of nitrogens with zero attached hydrogens (tertiary/aromatic N) is 1. The number of hydrogen-bond donors (Lipinski definition) is 0. The summed E-state index contributed by atoms with van der Waals surface area (Å²) in [6.07, 6.45) is 0. The van der Waals surface area contributed by atoms with Gasteiger partial charge in [-0.2, -0.15) is 0 Å². The molecule has 3 aromatic rings. The molecule has 0 radical (unpaired) electrons. The quantitative estimate of drug-likeness (QED) is 0.678. The van der Waals surface area contributed by atoms with E-state index < -0.39 is 0 Å². The van der Waals surface area contributed by atoms with Gasteiger partial charge >= 0.3 is 0 Å². The van der Waals surface area contributed by atoms with Gasteiger partial charge in [0.05, 0.1) is 17.7 Å². The Bertz CT molecular complexity index is 863. The number of carbonyl (C=O) groups is 2. The molecule has 0 spiro atoms. The minimum absolute atomic E-state index is 0.210. The van der Waals surface area contributed by atoms with Gasteiger partial charge in [-0.15, -0.1) is 11.3 Å². The largest absolute Gasteiger partial charge is 0.270 e. The summed E-state index contributed by atoms with van der Waals surface area (Å²) in [4.78, 5) is 27.3. The third kappa shape index (κ3) is 2.37. The van der Waals surface area contributed by atoms with Gasteiger partial charge < -0.3 is 0 Å². The molecule has 112 valence electrons. The predicted molar refractivity (Wildman–Crippen MR) is 90.4 cm³/mol. The second-order valence-corrected chi connectivity index (χ2v) is 6.34. The molecule has 0 saturated carbocycles. The van der Waals surface area contributed by atoms with E-state index in [0.29, 0.717) is 17.7 Å². The molecular formula is C19H13NO2S. The Labute approximate surface area is 137 Å². The first-order chi connectivity index (χ1) is 11.2. The van der Waals surface area contributed by atoms with Gasteiger partial charge in [-0.05, 0) is 34.7 Å². The van der Waals surface area contributed by atoms with Gasteiger partial charge in [-0.25, -0.2) is 0 Å². The van der Waals surface area contributed by atoms with E-state index >= 15 is 0 Å². The Morgan fingerprint density at radius 3 is 2.09 bits per heavy atom. The lowest BCUT2D eigenvalue weighted by Gasteiger charge is -2.12. The van der Waals surface area contributed by atoms with Crippen LogP contribution in [0.1, 0.15) is 26.3 Å². The van der Waals surface area contributed by atoms with E-state index in [1.807, 2.05) is 29.6 Å². The van der Waals surface area contributed by atoms with Crippen molar-refractivity contribution < 1.29 is 9.59 Å². The summed E-state index contributed by atoms with van der Waals surface area (Å²) < 4.78 is 0. The Hall–Kier alpha value is -2.72. The maximum atomic E-state index is 12.4. The van der Waals surface area contributed by atoms with Crippen LogP contribution in [0.4, 0.5) is 0 Å². The molecule has 2 heterocycles. The van der Waals surface area contributed by atoms with Crippen LogP contribution in [-0.2, 0) is 6.54 Å². The van der Waals surface area contributed by atoms with E-state index in [2.05, 4.69) is 12.1 Å². The van der Waals surface area contributed by atoms with Crippen molar-refractivity contribution in [1.29, 1.82) is 0 Å². The predicted octanol–water partition coefficient (Wildman–Crippen LogP) is 4.21. The van der Waals surface area contributed by atoms with E-state index in [4.69, 9.17) is 0 Å². The van der Waals surface area contributed by atoms with Gasteiger partial charge in [0, 0.05) is 4.88 Å². The molecule has 2 amide bonds. The Kier molecular flexibility index (Phi) is 3.32. The van der Waals surface area contributed by atoms with Crippen molar-refractivity contribution in [2.75, 3.05) is 0 Å². The van der Waals surface area contributed by atoms with Gasteiger partial charge in [0.15, 0.2) is 0 Å². The number of hydrogen-bond acceptors (Lipinski definition) is 3. The van der Waals surface area contributed by atoms with Gasteiger partial charge in [0.25, 0.3) is 11.8 Å². The molecule has 1 aliphatic heterocycles. The standard InChI is InChI=1S/C19H13NO2S/c21-18-15-8-4-5-9-16(15)19(22)20(18)11-13-10-17(23-12-13)14-6-2-1-3-7-14/h1-10,12H,11H2. The summed E-state index contributed by atoms with van der Waals surface area (Å²) in [6, 6.07) is 19.1. The van der Waals surface area contributed by atoms with Crippen molar-refractivity contribution in [3.8, 4) is 10.4 Å². The van der Waals surface area contributed by atoms with Gasteiger partial charge in [0.1, 0.15) is 0 Å². The van der Waals surface area contributed by atoms with Crippen LogP contribution in [0.3, 0.4) is 0 Å². The molecule has 23 heavy (non-hydrogen) atoms.